The van der Waals surface area contributed by atoms with Crippen molar-refractivity contribution in [2.24, 2.45) is 5.14 Å². The molecule has 35 heavy (non-hydrogen) atoms. The van der Waals surface area contributed by atoms with Gasteiger partial charge in [0.2, 0.25) is 15.8 Å². The number of ketones is 1. The first-order valence-corrected chi connectivity index (χ1v) is 12.7. The standard InChI is InChI=1S/C24H18N2O7S2/c1-32-16-5-2-4-13-12-17(33-23(13)16)21(27)19-20(18-6-3-11-34-18)26(24(29)22(19)28)14-7-9-15(10-8-14)35(25,30)31/h2-12,20,28H,1H3,(H2,25,30,31). The third kappa shape index (κ3) is 3.79. The number of furan rings is 1. The lowest BCUT2D eigenvalue weighted by Gasteiger charge is -2.25. The van der Waals surface area contributed by atoms with Crippen molar-refractivity contribution in [2.45, 2.75) is 10.9 Å². The maximum Gasteiger partial charge on any atom is 0.294 e. The number of carbonyl (C=O) groups is 2. The molecule has 2 aromatic carbocycles. The van der Waals surface area contributed by atoms with Gasteiger partial charge < -0.3 is 14.3 Å². The van der Waals surface area contributed by atoms with Crippen LogP contribution in [0.25, 0.3) is 11.0 Å². The molecule has 5 rings (SSSR count). The zero-order chi connectivity index (χ0) is 24.9. The number of ether oxygens (including phenoxy) is 1. The molecule has 1 amide bonds. The van der Waals surface area contributed by atoms with Crippen molar-refractivity contribution in [3.63, 3.8) is 0 Å². The van der Waals surface area contributed by atoms with Crippen molar-refractivity contribution in [2.75, 3.05) is 12.0 Å². The van der Waals surface area contributed by atoms with E-state index in [4.69, 9.17) is 14.3 Å². The van der Waals surface area contributed by atoms with E-state index in [1.165, 1.54) is 53.7 Å². The van der Waals surface area contributed by atoms with Gasteiger partial charge in [0, 0.05) is 16.0 Å². The number of aliphatic hydroxyl groups excluding tert-OH is 1. The van der Waals surface area contributed by atoms with Gasteiger partial charge in [0.05, 0.1) is 17.6 Å². The van der Waals surface area contributed by atoms with Gasteiger partial charge in [-0.25, -0.2) is 13.6 Å². The fourth-order valence-corrected chi connectivity index (χ4v) is 5.40. The Hall–Kier alpha value is -3.93. The van der Waals surface area contributed by atoms with Crippen molar-refractivity contribution >= 4 is 49.7 Å². The molecular weight excluding hydrogens is 492 g/mol. The first-order valence-electron chi connectivity index (χ1n) is 10.2. The number of rotatable bonds is 6. The normalized spacial score (nSPS) is 16.3. The largest absolute Gasteiger partial charge is 0.503 e. The number of primary sulfonamides is 1. The molecule has 9 nitrogen and oxygen atoms in total. The summed E-state index contributed by atoms with van der Waals surface area (Å²) in [4.78, 5) is 28.5. The summed E-state index contributed by atoms with van der Waals surface area (Å²) >= 11 is 1.30. The van der Waals surface area contributed by atoms with Crippen LogP contribution >= 0.6 is 11.3 Å². The topological polar surface area (TPSA) is 140 Å². The van der Waals surface area contributed by atoms with E-state index in [1.807, 2.05) is 0 Å². The second-order valence-corrected chi connectivity index (χ2v) is 10.3. The molecule has 1 aliphatic heterocycles. The van der Waals surface area contributed by atoms with Crippen molar-refractivity contribution in [3.05, 3.63) is 88.0 Å². The Morgan fingerprint density at radius 2 is 1.89 bits per heavy atom. The summed E-state index contributed by atoms with van der Waals surface area (Å²) in [7, 11) is -2.46. The lowest BCUT2D eigenvalue weighted by molar-refractivity contribution is -0.117. The molecule has 0 aliphatic carbocycles. The van der Waals surface area contributed by atoms with Crippen LogP contribution in [-0.4, -0.2) is 32.3 Å². The van der Waals surface area contributed by atoms with Crippen molar-refractivity contribution in [3.8, 4) is 5.75 Å². The van der Waals surface area contributed by atoms with Crippen molar-refractivity contribution in [1.82, 2.24) is 0 Å². The first kappa shape index (κ1) is 22.8. The fraction of sp³-hybridized carbons (Fsp3) is 0.0833. The molecule has 0 radical (unpaired) electrons. The minimum Gasteiger partial charge on any atom is -0.503 e. The zero-order valence-corrected chi connectivity index (χ0v) is 19.8. The average molecular weight is 511 g/mol. The summed E-state index contributed by atoms with van der Waals surface area (Å²) in [6, 6.07) is 14.6. The maximum atomic E-state index is 13.6. The highest BCUT2D eigenvalue weighted by atomic mass is 32.2. The molecule has 1 atom stereocenters. The van der Waals surface area contributed by atoms with E-state index < -0.39 is 33.5 Å². The fourth-order valence-electron chi connectivity index (χ4n) is 4.06. The number of fused-ring (bicyclic) bond motifs is 1. The molecule has 3 heterocycles. The van der Waals surface area contributed by atoms with Crippen molar-refractivity contribution < 1.29 is 32.3 Å². The second kappa shape index (κ2) is 8.38. The SMILES string of the molecule is COc1cccc2cc(C(=O)C3=C(O)C(=O)N(c4ccc(S(N)(=O)=O)cc4)C3c3cccs3)oc12. The Bertz CT molecular complexity index is 1600. The van der Waals surface area contributed by atoms with E-state index in [0.29, 0.717) is 21.6 Å². The van der Waals surface area contributed by atoms with Gasteiger partial charge in [-0.05, 0) is 47.8 Å². The second-order valence-electron chi connectivity index (χ2n) is 7.71. The molecule has 0 saturated carbocycles. The van der Waals surface area contributed by atoms with Gasteiger partial charge in [-0.3, -0.25) is 14.5 Å². The van der Waals surface area contributed by atoms with Gasteiger partial charge in [0.25, 0.3) is 5.91 Å². The van der Waals surface area contributed by atoms with Gasteiger partial charge in [0.1, 0.15) is 6.04 Å². The van der Waals surface area contributed by atoms with Gasteiger partial charge in [0.15, 0.2) is 22.9 Å². The lowest BCUT2D eigenvalue weighted by atomic mass is 10.00. The smallest absolute Gasteiger partial charge is 0.294 e. The summed E-state index contributed by atoms with van der Waals surface area (Å²) < 4.78 is 34.3. The zero-order valence-electron chi connectivity index (χ0n) is 18.2. The average Bonchev–Trinajstić information content (AvgIpc) is 3.57. The molecule has 11 heteroatoms. The Balaban J connectivity index is 1.61. The summed E-state index contributed by atoms with van der Waals surface area (Å²) in [6.07, 6.45) is 0. The molecule has 178 valence electrons. The third-order valence-electron chi connectivity index (χ3n) is 5.66. The summed E-state index contributed by atoms with van der Waals surface area (Å²) in [5, 5.41) is 18.4. The number of carbonyl (C=O) groups excluding carboxylic acids is 2. The third-order valence-corrected chi connectivity index (χ3v) is 7.51. The predicted molar refractivity (Wildman–Crippen MR) is 129 cm³/mol. The number of nitrogens with zero attached hydrogens (tertiary/aromatic N) is 1. The number of hydrogen-bond acceptors (Lipinski definition) is 8. The van der Waals surface area contributed by atoms with Crippen molar-refractivity contribution in [1.29, 1.82) is 0 Å². The first-order chi connectivity index (χ1) is 16.7. The molecular formula is C24H18N2O7S2. The van der Waals surface area contributed by atoms with Gasteiger partial charge in [-0.1, -0.05) is 18.2 Å². The number of benzene rings is 2. The number of Topliss-reactive ketones (excluding diaryl/α,β-unsaturated/α-hetero) is 1. The van der Waals surface area contributed by atoms with Crippen LogP contribution in [0, 0.1) is 0 Å². The number of aliphatic hydroxyl groups is 1. The monoisotopic (exact) mass is 510 g/mol. The van der Waals surface area contributed by atoms with Crippen LogP contribution in [0.2, 0.25) is 0 Å². The van der Waals surface area contributed by atoms with Crippen LogP contribution in [0.5, 0.6) is 5.75 Å². The molecule has 0 spiro atoms. The van der Waals surface area contributed by atoms with Crippen LogP contribution in [-0.2, 0) is 14.8 Å². The molecule has 0 bridgehead atoms. The van der Waals surface area contributed by atoms with E-state index >= 15 is 0 Å². The van der Waals surface area contributed by atoms with E-state index in [9.17, 15) is 23.1 Å². The number of thiophene rings is 1. The number of hydrogen-bond donors (Lipinski definition) is 2. The Labute approximate surface area is 203 Å². The molecule has 0 fully saturated rings. The number of amides is 1. The number of anilines is 1. The van der Waals surface area contributed by atoms with E-state index in [1.54, 1.807) is 35.7 Å². The molecule has 4 aromatic rings. The highest BCUT2D eigenvalue weighted by Crippen LogP contribution is 2.44. The molecule has 1 aliphatic rings. The summed E-state index contributed by atoms with van der Waals surface area (Å²) in [5.41, 5.74) is 0.498. The predicted octanol–water partition coefficient (Wildman–Crippen LogP) is 3.93. The summed E-state index contributed by atoms with van der Waals surface area (Å²) in [6.45, 7) is 0. The molecule has 2 aromatic heterocycles. The lowest BCUT2D eigenvalue weighted by Crippen LogP contribution is -2.30. The van der Waals surface area contributed by atoms with Gasteiger partial charge in [-0.2, -0.15) is 0 Å². The van der Waals surface area contributed by atoms with E-state index in [2.05, 4.69) is 0 Å². The van der Waals surface area contributed by atoms with Crippen LogP contribution < -0.4 is 14.8 Å². The minimum atomic E-state index is -3.94. The Kier molecular flexibility index (Phi) is 5.47. The van der Waals surface area contributed by atoms with Gasteiger partial charge >= 0.3 is 0 Å². The Morgan fingerprint density at radius 3 is 2.51 bits per heavy atom. The van der Waals surface area contributed by atoms with E-state index in [0.717, 1.165) is 0 Å². The van der Waals surface area contributed by atoms with Crippen LogP contribution in [0.1, 0.15) is 21.5 Å². The quantitative estimate of drug-likeness (QED) is 0.375. The number of nitrogens with two attached hydrogens (primary N) is 1. The molecule has 1 unspecified atom stereocenters. The number of methoxy groups -OCH3 is 1. The number of sulfonamides is 1. The molecule has 0 saturated heterocycles. The molecule has 3 N–H and O–H groups in total. The van der Waals surface area contributed by atoms with Crippen LogP contribution in [0.15, 0.2) is 86.7 Å². The van der Waals surface area contributed by atoms with Crippen LogP contribution in [0.3, 0.4) is 0 Å². The Morgan fingerprint density at radius 1 is 1.14 bits per heavy atom. The summed E-state index contributed by atoms with van der Waals surface area (Å²) in [5.74, 6) is -1.79. The highest BCUT2D eigenvalue weighted by molar-refractivity contribution is 7.89. The van der Waals surface area contributed by atoms with Gasteiger partial charge in [-0.15, -0.1) is 11.3 Å². The highest BCUT2D eigenvalue weighted by Gasteiger charge is 2.46. The van der Waals surface area contributed by atoms with Crippen LogP contribution in [0.4, 0.5) is 5.69 Å². The maximum absolute atomic E-state index is 13.6. The number of para-hydroxylation sites is 1. The van der Waals surface area contributed by atoms with E-state index in [-0.39, 0.29) is 21.9 Å². The minimum absolute atomic E-state index is 0.0631.